The van der Waals surface area contributed by atoms with E-state index in [0.717, 1.165) is 30.4 Å². The van der Waals surface area contributed by atoms with E-state index in [0.29, 0.717) is 0 Å². The second-order valence-electron chi connectivity index (χ2n) is 3.75. The second kappa shape index (κ2) is 9.02. The van der Waals surface area contributed by atoms with Gasteiger partial charge in [-0.25, -0.2) is 0 Å². The van der Waals surface area contributed by atoms with Crippen LogP contribution in [0.1, 0.15) is 12.5 Å². The number of benzene rings is 1. The molecule has 18 heavy (non-hydrogen) atoms. The Balaban J connectivity index is 0.00000289. The largest absolute Gasteiger partial charge is 0.496 e. The van der Waals surface area contributed by atoms with Crippen molar-refractivity contribution in [2.24, 2.45) is 4.99 Å². The van der Waals surface area contributed by atoms with Gasteiger partial charge in [0.05, 0.1) is 7.11 Å². The molecule has 0 aliphatic heterocycles. The van der Waals surface area contributed by atoms with Gasteiger partial charge in [-0.3, -0.25) is 4.99 Å². The number of halogens is 1. The Morgan fingerprint density at radius 3 is 2.61 bits per heavy atom. The number of rotatable bonds is 4. The van der Waals surface area contributed by atoms with Gasteiger partial charge in [-0.1, -0.05) is 18.2 Å². The maximum atomic E-state index is 5.33. The van der Waals surface area contributed by atoms with Gasteiger partial charge in [0.15, 0.2) is 5.96 Å². The Morgan fingerprint density at radius 1 is 1.39 bits per heavy atom. The van der Waals surface area contributed by atoms with Gasteiger partial charge in [-0.15, -0.1) is 24.0 Å². The van der Waals surface area contributed by atoms with E-state index < -0.39 is 0 Å². The average Bonchev–Trinajstić information content (AvgIpc) is 2.36. The highest BCUT2D eigenvalue weighted by molar-refractivity contribution is 14.0. The molecule has 0 spiro atoms. The SMILES string of the molecule is CCNC(=NC)N(C)Cc1ccccc1OC.I. The summed E-state index contributed by atoms with van der Waals surface area (Å²) in [6, 6.07) is 8.02. The lowest BCUT2D eigenvalue weighted by atomic mass is 10.2. The van der Waals surface area contributed by atoms with Gasteiger partial charge in [0.2, 0.25) is 0 Å². The third-order valence-electron chi connectivity index (χ3n) is 2.51. The zero-order chi connectivity index (χ0) is 12.7. The predicted molar refractivity (Wildman–Crippen MR) is 86.9 cm³/mol. The summed E-state index contributed by atoms with van der Waals surface area (Å²) < 4.78 is 5.33. The van der Waals surface area contributed by atoms with Crippen molar-refractivity contribution in [3.05, 3.63) is 29.8 Å². The van der Waals surface area contributed by atoms with Gasteiger partial charge in [0, 0.05) is 32.7 Å². The van der Waals surface area contributed by atoms with Crippen molar-refractivity contribution in [1.82, 2.24) is 10.2 Å². The van der Waals surface area contributed by atoms with Crippen molar-refractivity contribution >= 4 is 29.9 Å². The van der Waals surface area contributed by atoms with Crippen LogP contribution in [0.2, 0.25) is 0 Å². The lowest BCUT2D eigenvalue weighted by Crippen LogP contribution is -2.38. The van der Waals surface area contributed by atoms with Crippen molar-refractivity contribution in [2.75, 3.05) is 27.7 Å². The van der Waals surface area contributed by atoms with Crippen molar-refractivity contribution in [3.63, 3.8) is 0 Å². The molecule has 1 N–H and O–H groups in total. The fourth-order valence-corrected chi connectivity index (χ4v) is 1.71. The van der Waals surface area contributed by atoms with Crippen LogP contribution in [-0.2, 0) is 6.54 Å². The molecular formula is C13H22IN3O. The third kappa shape index (κ3) is 4.72. The minimum Gasteiger partial charge on any atom is -0.496 e. The van der Waals surface area contributed by atoms with Crippen LogP contribution in [0.3, 0.4) is 0 Å². The van der Waals surface area contributed by atoms with E-state index in [4.69, 9.17) is 4.74 Å². The van der Waals surface area contributed by atoms with E-state index in [1.54, 1.807) is 14.2 Å². The number of methoxy groups -OCH3 is 1. The first kappa shape index (κ1) is 17.0. The molecule has 0 aromatic heterocycles. The lowest BCUT2D eigenvalue weighted by molar-refractivity contribution is 0.396. The summed E-state index contributed by atoms with van der Waals surface area (Å²) in [5, 5.41) is 3.22. The molecule has 5 heteroatoms. The quantitative estimate of drug-likeness (QED) is 0.507. The molecule has 0 saturated carbocycles. The third-order valence-corrected chi connectivity index (χ3v) is 2.51. The first-order valence-corrected chi connectivity index (χ1v) is 5.76. The minimum absolute atomic E-state index is 0. The first-order chi connectivity index (χ1) is 8.22. The standard InChI is InChI=1S/C13H21N3O.HI/c1-5-15-13(14-2)16(3)10-11-8-6-7-9-12(11)17-4;/h6-9H,5,10H2,1-4H3,(H,14,15);1H. The van der Waals surface area contributed by atoms with Gasteiger partial charge in [-0.05, 0) is 13.0 Å². The fraction of sp³-hybridized carbons (Fsp3) is 0.462. The normalized spacial score (nSPS) is 10.6. The summed E-state index contributed by atoms with van der Waals surface area (Å²) in [5.41, 5.74) is 1.15. The lowest BCUT2D eigenvalue weighted by Gasteiger charge is -2.22. The molecule has 1 rings (SSSR count). The molecule has 1 aromatic carbocycles. The van der Waals surface area contributed by atoms with E-state index in [9.17, 15) is 0 Å². The van der Waals surface area contributed by atoms with Crippen molar-refractivity contribution < 1.29 is 4.74 Å². The number of hydrogen-bond acceptors (Lipinski definition) is 2. The molecule has 0 aliphatic carbocycles. The number of nitrogens with zero attached hydrogens (tertiary/aromatic N) is 2. The molecule has 0 heterocycles. The highest BCUT2D eigenvalue weighted by Crippen LogP contribution is 2.18. The zero-order valence-corrected chi connectivity index (χ0v) is 13.8. The number of para-hydroxylation sites is 1. The number of aliphatic imine (C=N–C) groups is 1. The fourth-order valence-electron chi connectivity index (χ4n) is 1.71. The van der Waals surface area contributed by atoms with Crippen LogP contribution in [0, 0.1) is 0 Å². The van der Waals surface area contributed by atoms with Crippen LogP contribution in [0.15, 0.2) is 29.3 Å². The Labute approximate surface area is 126 Å². The zero-order valence-electron chi connectivity index (χ0n) is 11.4. The van der Waals surface area contributed by atoms with Crippen LogP contribution in [0.25, 0.3) is 0 Å². The Kier molecular flexibility index (Phi) is 8.53. The van der Waals surface area contributed by atoms with E-state index in [1.807, 2.05) is 25.2 Å². The van der Waals surface area contributed by atoms with Gasteiger partial charge in [0.25, 0.3) is 0 Å². The minimum atomic E-state index is 0. The molecule has 0 saturated heterocycles. The van der Waals surface area contributed by atoms with Crippen molar-refractivity contribution in [3.8, 4) is 5.75 Å². The number of hydrogen-bond donors (Lipinski definition) is 1. The summed E-state index contributed by atoms with van der Waals surface area (Å²) >= 11 is 0. The molecule has 0 aliphatic rings. The van der Waals surface area contributed by atoms with Crippen LogP contribution >= 0.6 is 24.0 Å². The number of ether oxygens (including phenoxy) is 1. The molecule has 0 bridgehead atoms. The second-order valence-corrected chi connectivity index (χ2v) is 3.75. The van der Waals surface area contributed by atoms with E-state index in [1.165, 1.54) is 0 Å². The molecule has 0 unspecified atom stereocenters. The molecule has 102 valence electrons. The average molecular weight is 363 g/mol. The summed E-state index contributed by atoms with van der Waals surface area (Å²) in [6.45, 7) is 3.69. The van der Waals surface area contributed by atoms with Gasteiger partial charge in [-0.2, -0.15) is 0 Å². The molecular weight excluding hydrogens is 341 g/mol. The summed E-state index contributed by atoms with van der Waals surface area (Å²) in [6.07, 6.45) is 0. The monoisotopic (exact) mass is 363 g/mol. The smallest absolute Gasteiger partial charge is 0.193 e. The molecule has 0 amide bonds. The maximum absolute atomic E-state index is 5.33. The van der Waals surface area contributed by atoms with Gasteiger partial charge < -0.3 is 15.0 Å². The predicted octanol–water partition coefficient (Wildman–Crippen LogP) is 2.34. The van der Waals surface area contributed by atoms with Gasteiger partial charge >= 0.3 is 0 Å². The highest BCUT2D eigenvalue weighted by atomic mass is 127. The summed E-state index contributed by atoms with van der Waals surface area (Å²) in [4.78, 5) is 6.29. The van der Waals surface area contributed by atoms with Crippen LogP contribution in [0.5, 0.6) is 5.75 Å². The molecule has 0 fully saturated rings. The summed E-state index contributed by atoms with van der Waals surface area (Å²) in [5.74, 6) is 1.80. The van der Waals surface area contributed by atoms with Crippen molar-refractivity contribution in [2.45, 2.75) is 13.5 Å². The van der Waals surface area contributed by atoms with Gasteiger partial charge in [0.1, 0.15) is 5.75 Å². The van der Waals surface area contributed by atoms with Crippen LogP contribution in [0.4, 0.5) is 0 Å². The maximum Gasteiger partial charge on any atom is 0.193 e. The van der Waals surface area contributed by atoms with E-state index in [2.05, 4.69) is 28.2 Å². The topological polar surface area (TPSA) is 36.9 Å². The van der Waals surface area contributed by atoms with E-state index in [-0.39, 0.29) is 24.0 Å². The molecule has 4 nitrogen and oxygen atoms in total. The Bertz CT molecular complexity index is 382. The molecule has 1 aromatic rings. The first-order valence-electron chi connectivity index (χ1n) is 5.76. The molecule has 0 radical (unpaired) electrons. The Hall–Kier alpha value is -0.980. The Morgan fingerprint density at radius 2 is 2.06 bits per heavy atom. The van der Waals surface area contributed by atoms with Crippen LogP contribution < -0.4 is 10.1 Å². The summed E-state index contributed by atoms with van der Waals surface area (Å²) in [7, 11) is 5.49. The number of nitrogens with one attached hydrogen (secondary N) is 1. The van der Waals surface area contributed by atoms with E-state index >= 15 is 0 Å². The highest BCUT2D eigenvalue weighted by Gasteiger charge is 2.08. The van der Waals surface area contributed by atoms with Crippen LogP contribution in [-0.4, -0.2) is 38.6 Å². The van der Waals surface area contributed by atoms with Crippen molar-refractivity contribution in [1.29, 1.82) is 0 Å². The molecule has 0 atom stereocenters. The number of guanidine groups is 1.